The molecule has 2 aromatic carbocycles. The van der Waals surface area contributed by atoms with E-state index in [0.717, 1.165) is 16.5 Å². The summed E-state index contributed by atoms with van der Waals surface area (Å²) >= 11 is 21.7. The van der Waals surface area contributed by atoms with Crippen molar-refractivity contribution in [2.75, 3.05) is 13.2 Å². The molecule has 2 rings (SSSR count). The zero-order valence-electron chi connectivity index (χ0n) is 17.3. The lowest BCUT2D eigenvalue weighted by Crippen LogP contribution is -2.50. The molecule has 2 amide bonds. The largest absolute Gasteiger partial charge is 0.482 e. The second-order valence-electron chi connectivity index (χ2n) is 6.85. The molecule has 1 N–H and O–H groups in total. The summed E-state index contributed by atoms with van der Waals surface area (Å²) < 4.78 is 6.45. The second-order valence-corrected chi connectivity index (χ2v) is 8.99. The highest BCUT2D eigenvalue weighted by Gasteiger charge is 2.29. The first-order chi connectivity index (χ1) is 14.8. The zero-order chi connectivity index (χ0) is 23.0. The lowest BCUT2D eigenvalue weighted by atomic mass is 10.1. The van der Waals surface area contributed by atoms with Crippen molar-refractivity contribution in [3.63, 3.8) is 0 Å². The second kappa shape index (κ2) is 12.5. The maximum atomic E-state index is 13.1. The Bertz CT molecular complexity index is 927. The van der Waals surface area contributed by atoms with Gasteiger partial charge in [0.25, 0.3) is 5.91 Å². The zero-order valence-corrected chi connectivity index (χ0v) is 21.1. The van der Waals surface area contributed by atoms with Crippen LogP contribution in [0.5, 0.6) is 5.75 Å². The first-order valence-corrected chi connectivity index (χ1v) is 11.8. The van der Waals surface area contributed by atoms with E-state index < -0.39 is 6.04 Å². The Labute approximate surface area is 206 Å². The molecule has 0 aliphatic rings. The van der Waals surface area contributed by atoms with Crippen molar-refractivity contribution in [1.29, 1.82) is 0 Å². The molecule has 0 aliphatic carbocycles. The number of ether oxygens (including phenoxy) is 1. The summed E-state index contributed by atoms with van der Waals surface area (Å²) in [4.78, 5) is 27.4. The number of nitrogens with one attached hydrogen (secondary N) is 1. The molecular formula is C22H24BrCl3N2O3. The molecule has 0 radical (unpaired) electrons. The Morgan fingerprint density at radius 2 is 1.81 bits per heavy atom. The Hall–Kier alpha value is -1.47. The number of hydrogen-bond acceptors (Lipinski definition) is 3. The van der Waals surface area contributed by atoms with Gasteiger partial charge in [0.05, 0.1) is 15.1 Å². The predicted molar refractivity (Wildman–Crippen MR) is 129 cm³/mol. The average Bonchev–Trinajstić information content (AvgIpc) is 2.73. The SMILES string of the molecule is CCCNC(=O)C(CC)N(Cc1ccc(Cl)c(Cl)c1)C(=O)COc1ccc(Br)cc1Cl. The van der Waals surface area contributed by atoms with E-state index in [4.69, 9.17) is 39.5 Å². The van der Waals surface area contributed by atoms with Crippen LogP contribution in [0.2, 0.25) is 15.1 Å². The van der Waals surface area contributed by atoms with Gasteiger partial charge in [-0.05, 0) is 48.7 Å². The van der Waals surface area contributed by atoms with Gasteiger partial charge >= 0.3 is 0 Å². The number of rotatable bonds is 10. The third-order valence-electron chi connectivity index (χ3n) is 4.52. The molecule has 0 aromatic heterocycles. The van der Waals surface area contributed by atoms with Crippen LogP contribution >= 0.6 is 50.7 Å². The van der Waals surface area contributed by atoms with E-state index >= 15 is 0 Å². The minimum atomic E-state index is -0.655. The summed E-state index contributed by atoms with van der Waals surface area (Å²) in [5.74, 6) is -0.167. The molecule has 0 aliphatic heterocycles. The summed E-state index contributed by atoms with van der Waals surface area (Å²) in [6, 6.07) is 9.60. The fourth-order valence-electron chi connectivity index (χ4n) is 2.93. The van der Waals surface area contributed by atoms with Crippen molar-refractivity contribution in [3.05, 3.63) is 61.5 Å². The van der Waals surface area contributed by atoms with Crippen molar-refractivity contribution in [3.8, 4) is 5.75 Å². The number of amides is 2. The third kappa shape index (κ3) is 7.56. The lowest BCUT2D eigenvalue weighted by Gasteiger charge is -2.30. The number of nitrogens with zero attached hydrogens (tertiary/aromatic N) is 1. The van der Waals surface area contributed by atoms with E-state index in [0.29, 0.717) is 33.8 Å². The fourth-order valence-corrected chi connectivity index (χ4v) is 3.98. The molecule has 2 aromatic rings. The topological polar surface area (TPSA) is 58.6 Å². The van der Waals surface area contributed by atoms with Gasteiger partial charge in [0.15, 0.2) is 6.61 Å². The molecule has 0 fully saturated rings. The Morgan fingerprint density at radius 3 is 2.42 bits per heavy atom. The predicted octanol–water partition coefficient (Wildman–Crippen LogP) is 6.12. The number of carbonyl (C=O) groups excluding carboxylic acids is 2. The van der Waals surface area contributed by atoms with Gasteiger partial charge in [-0.1, -0.05) is 70.6 Å². The van der Waals surface area contributed by atoms with Gasteiger partial charge in [-0.15, -0.1) is 0 Å². The maximum Gasteiger partial charge on any atom is 0.261 e. The van der Waals surface area contributed by atoms with Gasteiger partial charge in [0, 0.05) is 17.6 Å². The van der Waals surface area contributed by atoms with Gasteiger partial charge in [-0.3, -0.25) is 9.59 Å². The van der Waals surface area contributed by atoms with Gasteiger partial charge in [0.2, 0.25) is 5.91 Å². The smallest absolute Gasteiger partial charge is 0.261 e. The van der Waals surface area contributed by atoms with E-state index in [1.54, 1.807) is 36.4 Å². The van der Waals surface area contributed by atoms with Crippen molar-refractivity contribution in [1.82, 2.24) is 10.2 Å². The minimum absolute atomic E-state index is 0.186. The van der Waals surface area contributed by atoms with E-state index in [1.807, 2.05) is 13.8 Å². The Morgan fingerprint density at radius 1 is 1.06 bits per heavy atom. The van der Waals surface area contributed by atoms with Crippen LogP contribution in [0.1, 0.15) is 32.3 Å². The molecule has 0 saturated heterocycles. The molecule has 168 valence electrons. The lowest BCUT2D eigenvalue weighted by molar-refractivity contribution is -0.143. The van der Waals surface area contributed by atoms with Crippen LogP contribution in [-0.4, -0.2) is 35.9 Å². The maximum absolute atomic E-state index is 13.1. The summed E-state index contributed by atoms with van der Waals surface area (Å²) in [5, 5.41) is 4.05. The highest BCUT2D eigenvalue weighted by molar-refractivity contribution is 9.10. The molecular weight excluding hydrogens is 527 g/mol. The minimum Gasteiger partial charge on any atom is -0.482 e. The normalized spacial score (nSPS) is 11.7. The van der Waals surface area contributed by atoms with Gasteiger partial charge in [-0.2, -0.15) is 0 Å². The molecule has 5 nitrogen and oxygen atoms in total. The quantitative estimate of drug-likeness (QED) is 0.388. The highest BCUT2D eigenvalue weighted by atomic mass is 79.9. The molecule has 0 heterocycles. The summed E-state index contributed by atoms with van der Waals surface area (Å²) in [6.45, 7) is 4.29. The van der Waals surface area contributed by atoms with Crippen LogP contribution in [0.3, 0.4) is 0 Å². The van der Waals surface area contributed by atoms with Crippen molar-refractivity contribution in [2.24, 2.45) is 0 Å². The average molecular weight is 551 g/mol. The number of carbonyl (C=O) groups is 2. The molecule has 1 atom stereocenters. The number of hydrogen-bond donors (Lipinski definition) is 1. The van der Waals surface area contributed by atoms with Crippen molar-refractivity contribution < 1.29 is 14.3 Å². The van der Waals surface area contributed by atoms with Crippen LogP contribution in [0.25, 0.3) is 0 Å². The third-order valence-corrected chi connectivity index (χ3v) is 6.04. The van der Waals surface area contributed by atoms with Crippen LogP contribution < -0.4 is 10.1 Å². The standard InChI is InChI=1S/C22H24BrCl3N2O3/c1-3-9-27-22(30)19(4-2)28(12-14-5-7-16(24)17(25)10-14)21(29)13-31-20-8-6-15(23)11-18(20)26/h5-8,10-11,19H,3-4,9,12-13H2,1-2H3,(H,27,30). The van der Waals surface area contributed by atoms with Gasteiger partial charge in [-0.25, -0.2) is 0 Å². The van der Waals surface area contributed by atoms with E-state index in [2.05, 4.69) is 21.2 Å². The number of halogens is 4. The Balaban J connectivity index is 2.24. The van der Waals surface area contributed by atoms with E-state index in [1.165, 1.54) is 4.90 Å². The fraction of sp³-hybridized carbons (Fsp3) is 0.364. The molecule has 0 saturated carbocycles. The first-order valence-electron chi connectivity index (χ1n) is 9.85. The van der Waals surface area contributed by atoms with Crippen LogP contribution in [0.4, 0.5) is 0 Å². The van der Waals surface area contributed by atoms with Crippen molar-refractivity contribution >= 4 is 62.5 Å². The highest BCUT2D eigenvalue weighted by Crippen LogP contribution is 2.28. The van der Waals surface area contributed by atoms with Crippen LogP contribution in [0.15, 0.2) is 40.9 Å². The summed E-state index contributed by atoms with van der Waals surface area (Å²) in [6.07, 6.45) is 1.25. The molecule has 0 bridgehead atoms. The first kappa shape index (κ1) is 25.8. The number of benzene rings is 2. The molecule has 0 spiro atoms. The summed E-state index contributed by atoms with van der Waals surface area (Å²) in [7, 11) is 0. The van der Waals surface area contributed by atoms with Crippen LogP contribution in [0, 0.1) is 0 Å². The molecule has 31 heavy (non-hydrogen) atoms. The molecule has 9 heteroatoms. The van der Waals surface area contributed by atoms with Gasteiger partial charge < -0.3 is 15.0 Å². The molecule has 1 unspecified atom stereocenters. The summed E-state index contributed by atoms with van der Waals surface area (Å²) in [5.41, 5.74) is 0.756. The van der Waals surface area contributed by atoms with Crippen LogP contribution in [-0.2, 0) is 16.1 Å². The van der Waals surface area contributed by atoms with Crippen molar-refractivity contribution in [2.45, 2.75) is 39.3 Å². The Kier molecular flexibility index (Phi) is 10.4. The van der Waals surface area contributed by atoms with E-state index in [9.17, 15) is 9.59 Å². The van der Waals surface area contributed by atoms with Gasteiger partial charge in [0.1, 0.15) is 11.8 Å². The monoisotopic (exact) mass is 548 g/mol. The van der Waals surface area contributed by atoms with E-state index in [-0.39, 0.29) is 25.0 Å².